The Labute approximate surface area is 452 Å². The van der Waals surface area contributed by atoms with Gasteiger partial charge in [-0.1, -0.05) is 155 Å². The van der Waals surface area contributed by atoms with Crippen LogP contribution in [0.4, 0.5) is 5.82 Å². The molecule has 9 N–H and O–H groups in total. The number of nitrogen functional groups attached to an aromatic ring is 1. The van der Waals surface area contributed by atoms with E-state index in [1.807, 2.05) is 18.2 Å². The van der Waals surface area contributed by atoms with Crippen LogP contribution >= 0.6 is 15.6 Å². The van der Waals surface area contributed by atoms with Crippen LogP contribution in [0.3, 0.4) is 0 Å². The minimum atomic E-state index is -5.54. The number of nitrogens with two attached hydrogens (primary N) is 1. The number of nitrogens with zero attached hydrogens (tertiary/aromatic N) is 2. The number of hydrogen-bond acceptors (Lipinski definition) is 18. The van der Waals surface area contributed by atoms with Crippen LogP contribution in [-0.2, 0) is 46.3 Å². The molecule has 2 rings (SSSR count). The number of carbonyl (C=O) groups is 2. The number of aliphatic hydroxyl groups is 5. The van der Waals surface area contributed by atoms with Gasteiger partial charge in [-0.15, -0.1) is 0 Å². The Bertz CT molecular complexity index is 2330. The van der Waals surface area contributed by atoms with Crippen molar-refractivity contribution < 1.29 is 81.6 Å². The minimum absolute atomic E-state index is 0.0108. The van der Waals surface area contributed by atoms with E-state index in [2.05, 4.69) is 71.8 Å². The van der Waals surface area contributed by atoms with Crippen molar-refractivity contribution in [1.29, 1.82) is 0 Å². The number of hydrogen-bond donors (Lipinski definition) is 8. The normalized spacial score (nSPS) is 20.8. The maximum atomic E-state index is 12.9. The SMILES string of the molecule is CC/C=C\C/C=C\C/C=C\C/C=C\C/C=C\C/C=C\CCC(=O)OC[C@H](COP(=O)(O)OP(=O)(O)OC[C@H]1O[C@@H](n2ccc(N)nc2=O)[C@H](O)[C@@H]1O)OC(=O)CCC[C@H](O)[C@@H](O)/C=C/C=C/C=C\C=C\[C@@H](O)CCCCC. The van der Waals surface area contributed by atoms with E-state index in [0.29, 0.717) is 19.3 Å². The lowest BCUT2D eigenvalue weighted by Crippen LogP contribution is -2.36. The highest BCUT2D eigenvalue weighted by Gasteiger charge is 2.46. The summed E-state index contributed by atoms with van der Waals surface area (Å²) in [6, 6.07) is 1.22. The molecule has 10 atom stereocenters. The molecule has 2 unspecified atom stereocenters. The van der Waals surface area contributed by atoms with E-state index in [1.165, 1.54) is 18.2 Å². The fourth-order valence-corrected chi connectivity index (χ4v) is 8.89. The summed E-state index contributed by atoms with van der Waals surface area (Å²) < 4.78 is 56.4. The van der Waals surface area contributed by atoms with Crippen molar-refractivity contribution in [1.82, 2.24) is 9.55 Å². The van der Waals surface area contributed by atoms with E-state index in [1.54, 1.807) is 42.5 Å². The first-order chi connectivity index (χ1) is 36.9. The Morgan fingerprint density at radius 3 is 1.90 bits per heavy atom. The summed E-state index contributed by atoms with van der Waals surface area (Å²) in [5.41, 5.74) is 4.54. The van der Waals surface area contributed by atoms with Gasteiger partial charge in [0.2, 0.25) is 0 Å². The van der Waals surface area contributed by atoms with E-state index in [9.17, 15) is 58.8 Å². The van der Waals surface area contributed by atoms with Crippen molar-refractivity contribution in [2.24, 2.45) is 0 Å². The summed E-state index contributed by atoms with van der Waals surface area (Å²) >= 11 is 0. The Balaban J connectivity index is 1.92. The van der Waals surface area contributed by atoms with Gasteiger partial charge in [0, 0.05) is 19.0 Å². The van der Waals surface area contributed by atoms with Crippen LogP contribution in [0.2, 0.25) is 0 Å². The quantitative estimate of drug-likeness (QED) is 0.0103. The second-order valence-electron chi connectivity index (χ2n) is 17.5. The second-order valence-corrected chi connectivity index (χ2v) is 20.5. The Morgan fingerprint density at radius 1 is 0.727 bits per heavy atom. The molecule has 1 aromatic rings. The average Bonchev–Trinajstić information content (AvgIpc) is 3.66. The Kier molecular flexibility index (Phi) is 35.6. The number of allylic oxidation sites excluding steroid dienone is 18. The summed E-state index contributed by atoms with van der Waals surface area (Å²) in [5, 5.41) is 51.7. The highest BCUT2D eigenvalue weighted by Crippen LogP contribution is 2.60. The molecule has 0 amide bonds. The average molecular weight is 1120 g/mol. The summed E-state index contributed by atoms with van der Waals surface area (Å²) in [7, 11) is -11.1. The van der Waals surface area contributed by atoms with Crippen molar-refractivity contribution in [2.45, 2.75) is 159 Å². The number of esters is 2. The van der Waals surface area contributed by atoms with Gasteiger partial charge in [0.05, 0.1) is 31.5 Å². The standard InChI is InChI=1S/C54H81N3O18P2/c1-3-5-7-8-9-10-11-12-13-14-15-16-17-18-19-20-21-26-30-36-49(61)70-40-44(73-50(62)37-31-35-46(60)45(59)34-29-25-23-22-24-28-33-43(58)32-27-6-4-2)41-71-76(66,67)75-77(68,69)72-42-47-51(63)52(64)53(74-47)57-39-38-48(55)56-54(57)65/h5,7,9-10,12-13,15-16,18-19,21-26,28-29,33-34,38-39,43-47,51-53,58-60,63-64H,3-4,6,8,11,14,17,20,27,30-32,35-37,40-42H2,1-2H3,(H,66,67)(H,68,69)(H2,55,56,65)/b7-5-,10-9-,13-12-,16-15-,19-18-,24-22-,25-23+,26-21-,33-28+,34-29+/t43-,44+,45-,46-,47+,51+,52+,53+/m0/s1. The van der Waals surface area contributed by atoms with Crippen LogP contribution in [0.1, 0.15) is 116 Å². The zero-order valence-corrected chi connectivity index (χ0v) is 45.8. The predicted molar refractivity (Wildman–Crippen MR) is 292 cm³/mol. The van der Waals surface area contributed by atoms with Gasteiger partial charge in [-0.2, -0.15) is 9.29 Å². The van der Waals surface area contributed by atoms with Gasteiger partial charge < -0.3 is 55.3 Å². The highest BCUT2D eigenvalue weighted by atomic mass is 31.3. The molecule has 2 heterocycles. The van der Waals surface area contributed by atoms with Crippen molar-refractivity contribution in [3.05, 3.63) is 144 Å². The van der Waals surface area contributed by atoms with Gasteiger partial charge >= 0.3 is 33.3 Å². The number of ether oxygens (including phenoxy) is 3. The van der Waals surface area contributed by atoms with Gasteiger partial charge in [0.25, 0.3) is 0 Å². The first-order valence-electron chi connectivity index (χ1n) is 25.9. The molecule has 0 bridgehead atoms. The van der Waals surface area contributed by atoms with Gasteiger partial charge in [-0.25, -0.2) is 13.9 Å². The summed E-state index contributed by atoms with van der Waals surface area (Å²) in [5.74, 6) is -1.77. The van der Waals surface area contributed by atoms with Crippen LogP contribution in [0, 0.1) is 0 Å². The van der Waals surface area contributed by atoms with E-state index >= 15 is 0 Å². The molecule has 21 nitrogen and oxygen atoms in total. The number of carbonyl (C=O) groups excluding carboxylic acids is 2. The molecule has 23 heteroatoms. The Hall–Kier alpha value is -4.96. The van der Waals surface area contributed by atoms with E-state index in [4.69, 9.17) is 29.0 Å². The first-order valence-corrected chi connectivity index (χ1v) is 28.9. The molecule has 0 aromatic carbocycles. The van der Waals surface area contributed by atoms with Gasteiger partial charge in [0.15, 0.2) is 12.3 Å². The molecule has 1 fully saturated rings. The van der Waals surface area contributed by atoms with Gasteiger partial charge in [-0.05, 0) is 70.3 Å². The third-order valence-corrected chi connectivity index (χ3v) is 13.5. The number of anilines is 1. The number of aromatic nitrogens is 2. The van der Waals surface area contributed by atoms with Crippen LogP contribution < -0.4 is 11.4 Å². The van der Waals surface area contributed by atoms with Crippen molar-refractivity contribution in [2.75, 3.05) is 25.6 Å². The molecule has 430 valence electrons. The maximum absolute atomic E-state index is 12.9. The lowest BCUT2D eigenvalue weighted by atomic mass is 10.1. The fourth-order valence-electron chi connectivity index (χ4n) is 6.78. The first kappa shape index (κ1) is 68.1. The number of aliphatic hydroxyl groups excluding tert-OH is 5. The fraction of sp³-hybridized carbons (Fsp3) is 0.519. The maximum Gasteiger partial charge on any atom is 0.481 e. The molecule has 1 saturated heterocycles. The number of phosphoric acid groups is 2. The molecule has 1 aliphatic rings. The van der Waals surface area contributed by atoms with Crippen LogP contribution in [0.5, 0.6) is 0 Å². The summed E-state index contributed by atoms with van der Waals surface area (Å²) in [6.45, 7) is 1.51. The highest BCUT2D eigenvalue weighted by molar-refractivity contribution is 7.61. The van der Waals surface area contributed by atoms with E-state index < -0.39 is 102 Å². The van der Waals surface area contributed by atoms with Gasteiger partial charge in [-0.3, -0.25) is 23.2 Å². The summed E-state index contributed by atoms with van der Waals surface area (Å²) in [4.78, 5) is 62.0. The number of rotatable bonds is 40. The molecule has 0 spiro atoms. The van der Waals surface area contributed by atoms with Crippen LogP contribution in [-0.4, -0.2) is 119 Å². The third kappa shape index (κ3) is 32.5. The van der Waals surface area contributed by atoms with E-state index in [-0.39, 0.29) is 31.5 Å². The van der Waals surface area contributed by atoms with Crippen LogP contribution in [0.15, 0.2) is 139 Å². The smallest absolute Gasteiger partial charge is 0.462 e. The molecule has 0 saturated carbocycles. The zero-order chi connectivity index (χ0) is 56.7. The minimum Gasteiger partial charge on any atom is -0.462 e. The third-order valence-electron chi connectivity index (χ3n) is 10.9. The Morgan fingerprint density at radius 2 is 1.30 bits per heavy atom. The molecule has 0 radical (unpaired) electrons. The molecular formula is C54H81N3O18P2. The number of unbranched alkanes of at least 4 members (excludes halogenated alkanes) is 2. The van der Waals surface area contributed by atoms with Crippen molar-refractivity contribution in [3.8, 4) is 0 Å². The van der Waals surface area contributed by atoms with Gasteiger partial charge in [0.1, 0.15) is 30.7 Å². The zero-order valence-electron chi connectivity index (χ0n) is 44.0. The summed E-state index contributed by atoms with van der Waals surface area (Å²) in [6.07, 6.45) is 36.4. The topological polar surface area (TPSA) is 326 Å². The molecule has 77 heavy (non-hydrogen) atoms. The largest absolute Gasteiger partial charge is 0.481 e. The molecule has 0 aliphatic carbocycles. The second kappa shape index (κ2) is 40.3. The molecule has 1 aliphatic heterocycles. The van der Waals surface area contributed by atoms with Crippen LogP contribution in [0.25, 0.3) is 0 Å². The molecular weight excluding hydrogens is 1040 g/mol. The predicted octanol–water partition coefficient (Wildman–Crippen LogP) is 7.69. The monoisotopic (exact) mass is 1120 g/mol. The van der Waals surface area contributed by atoms with Crippen molar-refractivity contribution in [3.63, 3.8) is 0 Å². The lowest BCUT2D eigenvalue weighted by molar-refractivity contribution is -0.161. The van der Waals surface area contributed by atoms with E-state index in [0.717, 1.165) is 62.1 Å². The lowest BCUT2D eigenvalue weighted by Gasteiger charge is -2.21. The number of phosphoric ester groups is 2. The molecule has 1 aromatic heterocycles. The van der Waals surface area contributed by atoms with Crippen molar-refractivity contribution >= 4 is 33.4 Å².